The van der Waals surface area contributed by atoms with Crippen molar-refractivity contribution in [2.24, 2.45) is 5.92 Å². The molecule has 1 atom stereocenters. The van der Waals surface area contributed by atoms with E-state index in [1.54, 1.807) is 0 Å². The molecule has 0 aromatic carbocycles. The van der Waals surface area contributed by atoms with Gasteiger partial charge in [0.25, 0.3) is 0 Å². The molecule has 0 aliphatic heterocycles. The van der Waals surface area contributed by atoms with E-state index in [-0.39, 0.29) is 0 Å². The van der Waals surface area contributed by atoms with Crippen LogP contribution in [-0.2, 0) is 13.0 Å². The summed E-state index contributed by atoms with van der Waals surface area (Å²) in [7, 11) is 0. The van der Waals surface area contributed by atoms with E-state index in [1.165, 1.54) is 18.5 Å². The Morgan fingerprint density at radius 2 is 2.12 bits per heavy atom. The summed E-state index contributed by atoms with van der Waals surface area (Å²) in [6.07, 6.45) is 3.47. The van der Waals surface area contributed by atoms with Gasteiger partial charge in [-0.3, -0.25) is 4.68 Å². The Bertz CT molecular complexity index is 336. The van der Waals surface area contributed by atoms with Crippen LogP contribution in [0.5, 0.6) is 0 Å². The number of hydrogen-bond donors (Lipinski definition) is 0. The Morgan fingerprint density at radius 1 is 1.44 bits per heavy atom. The molecule has 0 radical (unpaired) electrons. The second-order valence-electron chi connectivity index (χ2n) is 4.17. The average Bonchev–Trinajstić information content (AvgIpc) is 2.55. The Morgan fingerprint density at radius 3 is 2.62 bits per heavy atom. The Labute approximate surface area is 111 Å². The van der Waals surface area contributed by atoms with Crippen LogP contribution in [0.1, 0.15) is 38.1 Å². The average molecular weight is 308 g/mol. The minimum atomic E-state index is 0.656. The van der Waals surface area contributed by atoms with Crippen LogP contribution in [0.4, 0.5) is 0 Å². The highest BCUT2D eigenvalue weighted by molar-refractivity contribution is 9.09. The molecule has 2 nitrogen and oxygen atoms in total. The first kappa shape index (κ1) is 14.0. The summed E-state index contributed by atoms with van der Waals surface area (Å²) in [4.78, 5) is 0. The highest BCUT2D eigenvalue weighted by Gasteiger charge is 2.16. The minimum Gasteiger partial charge on any atom is -0.268 e. The molecule has 1 rings (SSSR count). The minimum absolute atomic E-state index is 0.656. The van der Waals surface area contributed by atoms with Crippen molar-refractivity contribution in [3.63, 3.8) is 0 Å². The van der Waals surface area contributed by atoms with E-state index in [4.69, 9.17) is 11.6 Å². The Balaban J connectivity index is 2.85. The van der Waals surface area contributed by atoms with E-state index in [1.807, 2.05) is 11.6 Å². The first-order valence-corrected chi connectivity index (χ1v) is 7.41. The Kier molecular flexibility index (Phi) is 5.84. The number of rotatable bonds is 6. The lowest BCUT2D eigenvalue weighted by Crippen LogP contribution is -2.11. The maximum absolute atomic E-state index is 6.30. The number of nitrogens with zero attached hydrogens (tertiary/aromatic N) is 2. The molecule has 0 N–H and O–H groups in total. The number of hydrogen-bond acceptors (Lipinski definition) is 1. The van der Waals surface area contributed by atoms with Gasteiger partial charge in [0.05, 0.1) is 16.4 Å². The van der Waals surface area contributed by atoms with Crippen LogP contribution in [0, 0.1) is 12.8 Å². The highest BCUT2D eigenvalue weighted by atomic mass is 79.9. The lowest BCUT2D eigenvalue weighted by atomic mass is 10.00. The topological polar surface area (TPSA) is 17.8 Å². The van der Waals surface area contributed by atoms with Crippen molar-refractivity contribution in [1.29, 1.82) is 0 Å². The smallest absolute Gasteiger partial charge is 0.0847 e. The number of alkyl halides is 1. The first-order chi connectivity index (χ1) is 7.63. The molecule has 0 aliphatic rings. The summed E-state index contributed by atoms with van der Waals surface area (Å²) >= 11 is 9.87. The predicted molar refractivity (Wildman–Crippen MR) is 73.5 cm³/mol. The van der Waals surface area contributed by atoms with Crippen molar-refractivity contribution >= 4 is 27.5 Å². The molecular formula is C12H20BrClN2. The number of halogens is 2. The van der Waals surface area contributed by atoms with Crippen molar-refractivity contribution in [3.05, 3.63) is 16.4 Å². The third-order valence-electron chi connectivity index (χ3n) is 2.85. The molecule has 0 amide bonds. The normalized spacial score (nSPS) is 13.1. The fourth-order valence-corrected chi connectivity index (χ4v) is 2.74. The third kappa shape index (κ3) is 3.24. The maximum atomic E-state index is 6.30. The van der Waals surface area contributed by atoms with Gasteiger partial charge in [-0.1, -0.05) is 40.9 Å². The molecule has 1 aromatic heterocycles. The largest absolute Gasteiger partial charge is 0.268 e. The molecule has 0 bridgehead atoms. The van der Waals surface area contributed by atoms with Crippen molar-refractivity contribution in [2.75, 3.05) is 5.33 Å². The molecule has 92 valence electrons. The van der Waals surface area contributed by atoms with E-state index in [0.29, 0.717) is 5.92 Å². The molecule has 4 heteroatoms. The van der Waals surface area contributed by atoms with Crippen molar-refractivity contribution in [3.8, 4) is 0 Å². The second kappa shape index (κ2) is 6.65. The Hall–Kier alpha value is -0.0200. The van der Waals surface area contributed by atoms with Crippen LogP contribution in [0.2, 0.25) is 5.02 Å². The zero-order chi connectivity index (χ0) is 12.1. The van der Waals surface area contributed by atoms with Crippen LogP contribution in [0.15, 0.2) is 0 Å². The van der Waals surface area contributed by atoms with Crippen LogP contribution in [-0.4, -0.2) is 15.1 Å². The third-order valence-corrected chi connectivity index (χ3v) is 4.26. The summed E-state index contributed by atoms with van der Waals surface area (Å²) < 4.78 is 2.03. The van der Waals surface area contributed by atoms with Gasteiger partial charge in [0.15, 0.2) is 0 Å². The summed E-state index contributed by atoms with van der Waals surface area (Å²) in [6, 6.07) is 0. The zero-order valence-electron chi connectivity index (χ0n) is 10.3. The molecule has 1 heterocycles. The summed E-state index contributed by atoms with van der Waals surface area (Å²) in [5.74, 6) is 0.656. The zero-order valence-corrected chi connectivity index (χ0v) is 12.6. The van der Waals surface area contributed by atoms with Crippen molar-refractivity contribution in [2.45, 2.75) is 46.6 Å². The van der Waals surface area contributed by atoms with Crippen LogP contribution >= 0.6 is 27.5 Å². The van der Waals surface area contributed by atoms with Crippen molar-refractivity contribution < 1.29 is 0 Å². The van der Waals surface area contributed by atoms with Gasteiger partial charge in [-0.2, -0.15) is 5.10 Å². The maximum Gasteiger partial charge on any atom is 0.0847 e. The molecule has 1 aromatic rings. The molecule has 0 spiro atoms. The molecule has 0 saturated heterocycles. The van der Waals surface area contributed by atoms with Gasteiger partial charge >= 0.3 is 0 Å². The van der Waals surface area contributed by atoms with Gasteiger partial charge in [-0.15, -0.1) is 0 Å². The van der Waals surface area contributed by atoms with E-state index in [9.17, 15) is 0 Å². The summed E-state index contributed by atoms with van der Waals surface area (Å²) in [6.45, 7) is 7.19. The number of aryl methyl sites for hydroxylation is 2. The molecule has 0 saturated carbocycles. The van der Waals surface area contributed by atoms with E-state index in [0.717, 1.165) is 29.0 Å². The van der Waals surface area contributed by atoms with Gasteiger partial charge in [0.2, 0.25) is 0 Å². The van der Waals surface area contributed by atoms with Gasteiger partial charge < -0.3 is 0 Å². The van der Waals surface area contributed by atoms with Gasteiger partial charge in [-0.05, 0) is 32.6 Å². The highest BCUT2D eigenvalue weighted by Crippen LogP contribution is 2.25. The van der Waals surface area contributed by atoms with E-state index < -0.39 is 0 Å². The molecule has 0 fully saturated rings. The monoisotopic (exact) mass is 306 g/mol. The predicted octanol–water partition coefficient (Wildman–Crippen LogP) is 4.22. The van der Waals surface area contributed by atoms with Crippen molar-refractivity contribution in [1.82, 2.24) is 9.78 Å². The van der Waals surface area contributed by atoms with E-state index >= 15 is 0 Å². The quantitative estimate of drug-likeness (QED) is 0.720. The first-order valence-electron chi connectivity index (χ1n) is 5.91. The number of aromatic nitrogens is 2. The van der Waals surface area contributed by atoms with Crippen LogP contribution in [0.3, 0.4) is 0 Å². The molecule has 16 heavy (non-hydrogen) atoms. The standard InChI is InChI=1S/C12H20BrClN2/c1-4-6-10(8-13)7-11-12(14)9(3)15-16(11)5-2/h10H,4-8H2,1-3H3. The lowest BCUT2D eigenvalue weighted by Gasteiger charge is -2.14. The molecule has 0 aliphatic carbocycles. The molecule has 1 unspecified atom stereocenters. The van der Waals surface area contributed by atoms with Crippen LogP contribution in [0.25, 0.3) is 0 Å². The molecular weight excluding hydrogens is 288 g/mol. The van der Waals surface area contributed by atoms with Gasteiger partial charge in [0.1, 0.15) is 0 Å². The lowest BCUT2D eigenvalue weighted by molar-refractivity contribution is 0.501. The SMILES string of the molecule is CCCC(CBr)Cc1c(Cl)c(C)nn1CC. The van der Waals surface area contributed by atoms with Gasteiger partial charge in [0, 0.05) is 11.9 Å². The van der Waals surface area contributed by atoms with Crippen LogP contribution < -0.4 is 0 Å². The summed E-state index contributed by atoms with van der Waals surface area (Å²) in [5, 5.41) is 6.33. The fourth-order valence-electron chi connectivity index (χ4n) is 1.98. The van der Waals surface area contributed by atoms with E-state index in [2.05, 4.69) is 34.9 Å². The summed E-state index contributed by atoms with van der Waals surface area (Å²) in [5.41, 5.74) is 2.14. The van der Waals surface area contributed by atoms with Gasteiger partial charge in [-0.25, -0.2) is 0 Å². The fraction of sp³-hybridized carbons (Fsp3) is 0.750. The second-order valence-corrected chi connectivity index (χ2v) is 5.20.